The number of hydrogen-bond donors (Lipinski definition) is 2. The number of pyridine rings is 2. The third kappa shape index (κ3) is 31.0. The van der Waals surface area contributed by atoms with E-state index in [1.54, 1.807) is 36.4 Å². The van der Waals surface area contributed by atoms with Gasteiger partial charge < -0.3 is 11.5 Å². The van der Waals surface area contributed by atoms with Crippen LogP contribution in [0.2, 0.25) is 0 Å². The molecule has 0 aliphatic rings. The number of aromatic nitrogens is 2. The first kappa shape index (κ1) is 31.7. The van der Waals surface area contributed by atoms with E-state index in [-0.39, 0.29) is 17.1 Å². The van der Waals surface area contributed by atoms with Crippen LogP contribution in [0.3, 0.4) is 0 Å². The van der Waals surface area contributed by atoms with Gasteiger partial charge in [0.2, 0.25) is 0 Å². The molecule has 2 aromatic heterocycles. The van der Waals surface area contributed by atoms with Crippen molar-refractivity contribution in [2.45, 2.75) is 0 Å². The van der Waals surface area contributed by atoms with Crippen molar-refractivity contribution >= 4 is 11.8 Å². The minimum atomic E-state index is -4.94. The van der Waals surface area contributed by atoms with Gasteiger partial charge in [0.05, 0.1) is 0 Å². The van der Waals surface area contributed by atoms with Crippen LogP contribution in [0, 0.1) is 20.5 Å². The predicted octanol–water partition coefficient (Wildman–Crippen LogP) is -9.15. The zero-order valence-corrected chi connectivity index (χ0v) is 16.3. The van der Waals surface area contributed by atoms with Gasteiger partial charge in [-0.1, -0.05) is 12.1 Å². The van der Waals surface area contributed by atoms with E-state index in [0.29, 0.717) is 11.4 Å². The molecule has 0 bridgehead atoms. The molecule has 0 spiro atoms. The van der Waals surface area contributed by atoms with E-state index in [2.05, 4.69) is 9.97 Å². The molecule has 17 heteroatoms. The second kappa shape index (κ2) is 15.9. The molecule has 2 aromatic rings. The zero-order valence-electron chi connectivity index (χ0n) is 13.8. The fourth-order valence-electron chi connectivity index (χ4n) is 1.02. The Balaban J connectivity index is -0.000000321. The van der Waals surface area contributed by atoms with Gasteiger partial charge in [0, 0.05) is 12.4 Å². The van der Waals surface area contributed by atoms with Crippen molar-refractivity contribution in [3.63, 3.8) is 0 Å². The van der Waals surface area contributed by atoms with Crippen LogP contribution in [0.1, 0.15) is 21.0 Å². The standard InChI is InChI=1S/2C6H6N2O.2ClHO4.Cu/c2*7-6(9)5-3-1-2-4-8-5;2*2-1(3,4)5;/h2*1-4H,(H2,7,9);2*(H,2,3,4,5);/q;;;;+2/p-2. The zero-order chi connectivity index (χ0) is 22.4. The van der Waals surface area contributed by atoms with Gasteiger partial charge in [-0.05, 0) is 24.3 Å². The Kier molecular flexibility index (Phi) is 17.4. The monoisotopic (exact) mass is 505 g/mol. The molecule has 2 amide bonds. The minimum absolute atomic E-state index is 0. The Hall–Kier alpha value is -1.98. The predicted molar refractivity (Wildman–Crippen MR) is 65.5 cm³/mol. The summed E-state index contributed by atoms with van der Waals surface area (Å²) in [6, 6.07) is 10.0. The van der Waals surface area contributed by atoms with E-state index in [9.17, 15) is 9.59 Å². The number of halogens is 2. The molecule has 0 aliphatic carbocycles. The van der Waals surface area contributed by atoms with Crippen molar-refractivity contribution in [1.29, 1.82) is 0 Å². The van der Waals surface area contributed by atoms with Crippen LogP contribution >= 0.6 is 0 Å². The number of rotatable bonds is 2. The van der Waals surface area contributed by atoms with Crippen LogP contribution in [0.4, 0.5) is 0 Å². The fourth-order valence-corrected chi connectivity index (χ4v) is 1.02. The number of carbonyl (C=O) groups excluding carboxylic acids is 2. The van der Waals surface area contributed by atoms with E-state index in [0.717, 1.165) is 0 Å². The van der Waals surface area contributed by atoms with Gasteiger partial charge in [-0.25, -0.2) is 37.3 Å². The Labute approximate surface area is 178 Å². The molecule has 0 atom stereocenters. The quantitative estimate of drug-likeness (QED) is 0.358. The first-order valence-corrected chi connectivity index (χ1v) is 8.73. The molecule has 0 saturated carbocycles. The Morgan fingerprint density at radius 3 is 1.00 bits per heavy atom. The van der Waals surface area contributed by atoms with Crippen LogP contribution in [-0.4, -0.2) is 21.8 Å². The molecule has 0 unspecified atom stereocenters. The van der Waals surface area contributed by atoms with Gasteiger partial charge in [0.1, 0.15) is 11.4 Å². The van der Waals surface area contributed by atoms with Gasteiger partial charge in [0.25, 0.3) is 11.8 Å². The van der Waals surface area contributed by atoms with E-state index in [4.69, 9.17) is 48.7 Å². The van der Waals surface area contributed by atoms with Gasteiger partial charge in [0.15, 0.2) is 0 Å². The van der Waals surface area contributed by atoms with Crippen LogP contribution in [0.5, 0.6) is 0 Å². The van der Waals surface area contributed by atoms with Crippen molar-refractivity contribution in [2.75, 3.05) is 0 Å². The molecule has 0 aliphatic heterocycles. The van der Waals surface area contributed by atoms with Crippen LogP contribution in [0.25, 0.3) is 0 Å². The Bertz CT molecular complexity index is 628. The summed E-state index contributed by atoms with van der Waals surface area (Å²) in [4.78, 5) is 28.1. The van der Waals surface area contributed by atoms with Crippen LogP contribution < -0.4 is 48.7 Å². The topological polar surface area (TPSA) is 296 Å². The molecule has 0 fully saturated rings. The number of primary amides is 2. The van der Waals surface area contributed by atoms with Gasteiger partial charge in [-0.3, -0.25) is 19.6 Å². The second-order valence-corrected chi connectivity index (χ2v) is 5.43. The summed E-state index contributed by atoms with van der Waals surface area (Å²) in [6.45, 7) is 0. The molecule has 2 rings (SSSR count). The van der Waals surface area contributed by atoms with Crippen molar-refractivity contribution in [2.24, 2.45) is 11.5 Å². The van der Waals surface area contributed by atoms with Crippen LogP contribution in [-0.2, 0) is 17.1 Å². The average Bonchev–Trinajstić information content (AvgIpc) is 2.54. The number of nitrogens with zero attached hydrogens (tertiary/aromatic N) is 2. The Morgan fingerprint density at radius 2 is 0.897 bits per heavy atom. The summed E-state index contributed by atoms with van der Waals surface area (Å²) in [5, 5.41) is 0. The maximum atomic E-state index is 10.4. The number of nitrogens with two attached hydrogens (primary N) is 2. The van der Waals surface area contributed by atoms with E-state index >= 15 is 0 Å². The summed E-state index contributed by atoms with van der Waals surface area (Å²) < 4.78 is 67.9. The molecular formula is C12H12Cl2CuN4O10. The van der Waals surface area contributed by atoms with Crippen molar-refractivity contribution < 1.29 is 84.4 Å². The first-order valence-electron chi connectivity index (χ1n) is 6.26. The Morgan fingerprint density at radius 1 is 0.655 bits per heavy atom. The molecule has 0 saturated heterocycles. The maximum absolute atomic E-state index is 10.4. The molecule has 4 N–H and O–H groups in total. The molecular weight excluding hydrogens is 495 g/mol. The van der Waals surface area contributed by atoms with Gasteiger partial charge in [-0.15, -0.1) is 20.5 Å². The largest absolute Gasteiger partial charge is 2.00 e. The number of amides is 2. The third-order valence-corrected chi connectivity index (χ3v) is 1.83. The molecule has 2 heterocycles. The van der Waals surface area contributed by atoms with Gasteiger partial charge >= 0.3 is 17.1 Å². The van der Waals surface area contributed by atoms with Crippen molar-refractivity contribution in [3.05, 3.63) is 60.2 Å². The summed E-state index contributed by atoms with van der Waals surface area (Å²) >= 11 is 0. The molecule has 165 valence electrons. The third-order valence-electron chi connectivity index (χ3n) is 1.83. The average molecular weight is 507 g/mol. The smallest absolute Gasteiger partial charge is 0.364 e. The normalized spacial score (nSPS) is 9.66. The van der Waals surface area contributed by atoms with Crippen molar-refractivity contribution in [3.8, 4) is 0 Å². The molecule has 14 nitrogen and oxygen atoms in total. The molecule has 1 radical (unpaired) electrons. The minimum Gasteiger partial charge on any atom is -0.364 e. The maximum Gasteiger partial charge on any atom is 2.00 e. The van der Waals surface area contributed by atoms with Crippen molar-refractivity contribution in [1.82, 2.24) is 9.97 Å². The summed E-state index contributed by atoms with van der Waals surface area (Å²) in [5.74, 6) is -0.980. The molecule has 0 aromatic carbocycles. The SMILES string of the molecule is NC(=O)c1ccccn1.NC(=O)c1ccccn1.[Cu+2].[O-][Cl+3]([O-])([O-])[O-].[O-][Cl+3]([O-])([O-])[O-]. The number of carbonyl (C=O) groups is 2. The van der Waals surface area contributed by atoms with Gasteiger partial charge in [-0.2, -0.15) is 0 Å². The molecule has 29 heavy (non-hydrogen) atoms. The summed E-state index contributed by atoms with van der Waals surface area (Å²) in [6.07, 6.45) is 3.06. The van der Waals surface area contributed by atoms with Crippen LogP contribution in [0.15, 0.2) is 48.8 Å². The van der Waals surface area contributed by atoms with E-state index in [1.165, 1.54) is 12.4 Å². The first-order chi connectivity index (χ1) is 12.6. The summed E-state index contributed by atoms with van der Waals surface area (Å²) in [5.41, 5.74) is 10.4. The summed E-state index contributed by atoms with van der Waals surface area (Å²) in [7, 11) is -9.89. The van der Waals surface area contributed by atoms with E-state index in [1.807, 2.05) is 0 Å². The number of hydrogen-bond acceptors (Lipinski definition) is 12. The fraction of sp³-hybridized carbons (Fsp3) is 0. The van der Waals surface area contributed by atoms with E-state index < -0.39 is 32.3 Å². The second-order valence-electron chi connectivity index (χ2n) is 3.91.